The van der Waals surface area contributed by atoms with Gasteiger partial charge in [-0.05, 0) is 18.8 Å². The second-order valence-electron chi connectivity index (χ2n) is 3.53. The van der Waals surface area contributed by atoms with Crippen molar-refractivity contribution in [1.82, 2.24) is 19.9 Å². The van der Waals surface area contributed by atoms with Crippen LogP contribution < -0.4 is 0 Å². The summed E-state index contributed by atoms with van der Waals surface area (Å²) in [4.78, 5) is 15.5. The predicted molar refractivity (Wildman–Crippen MR) is 55.1 cm³/mol. The molecule has 14 heavy (non-hydrogen) atoms. The highest BCUT2D eigenvalue weighted by Crippen LogP contribution is 2.35. The topological polar surface area (TPSA) is 54.5 Å². The first-order valence-corrected chi connectivity index (χ1v) is 5.69. The van der Waals surface area contributed by atoms with E-state index in [0.717, 1.165) is 22.1 Å². The van der Waals surface area contributed by atoms with Crippen LogP contribution in [0.25, 0.3) is 11.2 Å². The summed E-state index contributed by atoms with van der Waals surface area (Å²) in [5, 5.41) is 1.03. The molecule has 2 aromatic heterocycles. The van der Waals surface area contributed by atoms with Crippen molar-refractivity contribution < 1.29 is 0 Å². The quantitative estimate of drug-likeness (QED) is 0.615. The molecule has 0 spiro atoms. The fraction of sp³-hybridized carbons (Fsp3) is 0.444. The lowest BCUT2D eigenvalue weighted by Crippen LogP contribution is -1.88. The summed E-state index contributed by atoms with van der Waals surface area (Å²) >= 11 is 1.80. The van der Waals surface area contributed by atoms with E-state index in [0.29, 0.717) is 0 Å². The van der Waals surface area contributed by atoms with Crippen LogP contribution in [0.3, 0.4) is 0 Å². The molecule has 72 valence electrons. The average molecular weight is 206 g/mol. The van der Waals surface area contributed by atoms with Crippen molar-refractivity contribution in [1.29, 1.82) is 0 Å². The van der Waals surface area contributed by atoms with Gasteiger partial charge >= 0.3 is 0 Å². The third-order valence-corrected chi connectivity index (χ3v) is 3.56. The van der Waals surface area contributed by atoms with E-state index in [-0.39, 0.29) is 0 Å². The van der Waals surface area contributed by atoms with Crippen molar-refractivity contribution in [3.63, 3.8) is 0 Å². The summed E-state index contributed by atoms with van der Waals surface area (Å²) in [6, 6.07) is 0. The third kappa shape index (κ3) is 1.48. The largest absolute Gasteiger partial charge is 0.341 e. The first kappa shape index (κ1) is 8.23. The van der Waals surface area contributed by atoms with Crippen molar-refractivity contribution in [3.8, 4) is 0 Å². The summed E-state index contributed by atoms with van der Waals surface area (Å²) in [5.41, 5.74) is 1.73. The molecule has 0 aliphatic heterocycles. The number of fused-ring (bicyclic) bond motifs is 1. The first-order chi connectivity index (χ1) is 6.93. The van der Waals surface area contributed by atoms with Crippen molar-refractivity contribution in [3.05, 3.63) is 12.7 Å². The minimum absolute atomic E-state index is 0.762. The molecule has 1 N–H and O–H groups in total. The lowest BCUT2D eigenvalue weighted by molar-refractivity contribution is 0.992. The Morgan fingerprint density at radius 1 is 1.36 bits per heavy atom. The van der Waals surface area contributed by atoms with Crippen LogP contribution >= 0.6 is 11.8 Å². The standard InChI is InChI=1S/C9H10N4S/c1-2-6(1)3-14-9-7-8(11-4-10-7)12-5-13-9/h4-6H,1-3H2,(H,10,11,12,13). The van der Waals surface area contributed by atoms with Crippen LogP contribution in [0.2, 0.25) is 0 Å². The van der Waals surface area contributed by atoms with Gasteiger partial charge in [0.25, 0.3) is 0 Å². The molecule has 2 heterocycles. The van der Waals surface area contributed by atoms with Crippen LogP contribution in [-0.2, 0) is 0 Å². The van der Waals surface area contributed by atoms with E-state index in [4.69, 9.17) is 0 Å². The van der Waals surface area contributed by atoms with Crippen LogP contribution in [0.4, 0.5) is 0 Å². The van der Waals surface area contributed by atoms with Gasteiger partial charge in [-0.1, -0.05) is 0 Å². The summed E-state index contributed by atoms with van der Waals surface area (Å²) in [6.07, 6.45) is 6.01. The molecule has 0 atom stereocenters. The molecule has 5 heteroatoms. The number of aromatic nitrogens is 4. The minimum Gasteiger partial charge on any atom is -0.341 e. The molecule has 0 unspecified atom stereocenters. The van der Waals surface area contributed by atoms with Crippen molar-refractivity contribution in [2.75, 3.05) is 5.75 Å². The van der Waals surface area contributed by atoms with Gasteiger partial charge in [0, 0.05) is 5.75 Å². The lowest BCUT2D eigenvalue weighted by atomic mass is 10.5. The SMILES string of the molecule is c1nc(SCC2CC2)c2[nH]cnc2n1. The number of H-pyrrole nitrogens is 1. The lowest BCUT2D eigenvalue weighted by Gasteiger charge is -1.98. The molecule has 3 rings (SSSR count). The van der Waals surface area contributed by atoms with E-state index in [1.54, 1.807) is 24.4 Å². The molecule has 0 amide bonds. The molecular weight excluding hydrogens is 196 g/mol. The van der Waals surface area contributed by atoms with E-state index >= 15 is 0 Å². The number of aromatic amines is 1. The number of imidazole rings is 1. The minimum atomic E-state index is 0.762. The summed E-state index contributed by atoms with van der Waals surface area (Å²) in [5.74, 6) is 2.08. The smallest absolute Gasteiger partial charge is 0.181 e. The normalized spacial score (nSPS) is 16.3. The molecule has 0 bridgehead atoms. The molecule has 4 nitrogen and oxygen atoms in total. The maximum absolute atomic E-state index is 4.26. The van der Waals surface area contributed by atoms with Gasteiger partial charge < -0.3 is 4.98 Å². The first-order valence-electron chi connectivity index (χ1n) is 4.70. The number of nitrogens with one attached hydrogen (secondary N) is 1. The number of rotatable bonds is 3. The molecule has 1 fully saturated rings. The number of nitrogens with zero attached hydrogens (tertiary/aromatic N) is 3. The van der Waals surface area contributed by atoms with Gasteiger partial charge in [-0.3, -0.25) is 0 Å². The summed E-state index contributed by atoms with van der Waals surface area (Å²) in [7, 11) is 0. The molecule has 0 radical (unpaired) electrons. The van der Waals surface area contributed by atoms with E-state index in [1.807, 2.05) is 0 Å². The Balaban J connectivity index is 1.89. The fourth-order valence-corrected chi connectivity index (χ4v) is 2.48. The van der Waals surface area contributed by atoms with Crippen molar-refractivity contribution in [2.45, 2.75) is 17.9 Å². The van der Waals surface area contributed by atoms with Crippen molar-refractivity contribution >= 4 is 22.9 Å². The molecule has 2 aromatic rings. The Morgan fingerprint density at radius 3 is 3.14 bits per heavy atom. The van der Waals surface area contributed by atoms with E-state index < -0.39 is 0 Å². The average Bonchev–Trinajstić information content (AvgIpc) is 2.91. The number of hydrogen-bond donors (Lipinski definition) is 1. The maximum Gasteiger partial charge on any atom is 0.181 e. The van der Waals surface area contributed by atoms with Gasteiger partial charge in [0.05, 0.1) is 6.33 Å². The Hall–Kier alpha value is -1.10. The highest BCUT2D eigenvalue weighted by atomic mass is 32.2. The van der Waals surface area contributed by atoms with Crippen LogP contribution in [0.15, 0.2) is 17.7 Å². The number of thioether (sulfide) groups is 1. The fourth-order valence-electron chi connectivity index (χ4n) is 1.33. The summed E-state index contributed by atoms with van der Waals surface area (Å²) in [6.45, 7) is 0. The molecule has 1 saturated carbocycles. The van der Waals surface area contributed by atoms with Crippen molar-refractivity contribution in [2.24, 2.45) is 5.92 Å². The monoisotopic (exact) mass is 206 g/mol. The molecular formula is C9H10N4S. The summed E-state index contributed by atoms with van der Waals surface area (Å²) < 4.78 is 0. The Kier molecular flexibility index (Phi) is 1.90. The van der Waals surface area contributed by atoms with Gasteiger partial charge in [0.2, 0.25) is 0 Å². The van der Waals surface area contributed by atoms with Crippen LogP contribution in [0.1, 0.15) is 12.8 Å². The Morgan fingerprint density at radius 2 is 2.29 bits per heavy atom. The van der Waals surface area contributed by atoms with Crippen LogP contribution in [-0.4, -0.2) is 25.7 Å². The third-order valence-electron chi connectivity index (χ3n) is 2.34. The Bertz CT molecular complexity index is 449. The predicted octanol–water partition coefficient (Wildman–Crippen LogP) is 1.85. The Labute approximate surface area is 85.6 Å². The molecule has 0 aromatic carbocycles. The van der Waals surface area contributed by atoms with E-state index in [1.165, 1.54) is 18.6 Å². The highest BCUT2D eigenvalue weighted by Gasteiger charge is 2.22. The molecule has 1 aliphatic carbocycles. The van der Waals surface area contributed by atoms with Gasteiger partial charge in [-0.15, -0.1) is 11.8 Å². The van der Waals surface area contributed by atoms with Gasteiger partial charge in [-0.25, -0.2) is 15.0 Å². The van der Waals surface area contributed by atoms with E-state index in [2.05, 4.69) is 19.9 Å². The van der Waals surface area contributed by atoms with Gasteiger partial charge in [-0.2, -0.15) is 0 Å². The zero-order chi connectivity index (χ0) is 9.38. The second kappa shape index (κ2) is 3.24. The highest BCUT2D eigenvalue weighted by molar-refractivity contribution is 7.99. The zero-order valence-corrected chi connectivity index (χ0v) is 8.42. The van der Waals surface area contributed by atoms with Crippen LogP contribution in [0.5, 0.6) is 0 Å². The van der Waals surface area contributed by atoms with Gasteiger partial charge in [0.1, 0.15) is 16.9 Å². The number of hydrogen-bond acceptors (Lipinski definition) is 4. The molecule has 1 aliphatic rings. The van der Waals surface area contributed by atoms with Crippen LogP contribution in [0, 0.1) is 5.92 Å². The van der Waals surface area contributed by atoms with Gasteiger partial charge in [0.15, 0.2) is 5.65 Å². The molecule has 0 saturated heterocycles. The zero-order valence-electron chi connectivity index (χ0n) is 7.60. The second-order valence-corrected chi connectivity index (χ2v) is 4.54. The maximum atomic E-state index is 4.26. The van der Waals surface area contributed by atoms with E-state index in [9.17, 15) is 0 Å².